The second kappa shape index (κ2) is 5.88. The van der Waals surface area contributed by atoms with E-state index in [0.29, 0.717) is 12.1 Å². The highest BCUT2D eigenvalue weighted by molar-refractivity contribution is 5.94. The van der Waals surface area contributed by atoms with Crippen LogP contribution in [-0.2, 0) is 11.2 Å². The fourth-order valence-corrected chi connectivity index (χ4v) is 2.44. The predicted molar refractivity (Wildman–Crippen MR) is 82.5 cm³/mol. The van der Waals surface area contributed by atoms with Crippen molar-refractivity contribution in [1.82, 2.24) is 15.5 Å². The Morgan fingerprint density at radius 3 is 3.00 bits per heavy atom. The Labute approximate surface area is 127 Å². The van der Waals surface area contributed by atoms with Crippen LogP contribution in [-0.4, -0.2) is 22.1 Å². The molecule has 1 aliphatic rings. The minimum absolute atomic E-state index is 0.0471. The molecule has 0 fully saturated rings. The normalized spacial score (nSPS) is 14.7. The Kier molecular flexibility index (Phi) is 3.78. The average Bonchev–Trinajstić information content (AvgIpc) is 2.99. The largest absolute Gasteiger partial charge is 0.331 e. The summed E-state index contributed by atoms with van der Waals surface area (Å²) >= 11 is 0. The molecular weight excluding hydrogens is 282 g/mol. The van der Waals surface area contributed by atoms with Crippen molar-refractivity contribution >= 4 is 23.3 Å². The minimum Gasteiger partial charge on any atom is -0.331 e. The molecule has 0 aliphatic carbocycles. The number of carbonyl (C=O) groups excluding carboxylic acids is 2. The van der Waals surface area contributed by atoms with E-state index in [1.165, 1.54) is 6.20 Å². The van der Waals surface area contributed by atoms with E-state index in [1.54, 1.807) is 6.20 Å². The zero-order valence-corrected chi connectivity index (χ0v) is 12.1. The lowest BCUT2D eigenvalue weighted by Crippen LogP contribution is -2.31. The second-order valence-corrected chi connectivity index (χ2v) is 5.27. The van der Waals surface area contributed by atoms with Crippen molar-refractivity contribution in [2.75, 3.05) is 10.6 Å². The number of benzene rings is 1. The molecule has 1 unspecified atom stereocenters. The van der Waals surface area contributed by atoms with E-state index in [0.717, 1.165) is 23.2 Å². The molecule has 2 heterocycles. The van der Waals surface area contributed by atoms with Gasteiger partial charge < -0.3 is 16.0 Å². The first-order valence-electron chi connectivity index (χ1n) is 7.11. The van der Waals surface area contributed by atoms with Gasteiger partial charge in [0.1, 0.15) is 0 Å². The maximum absolute atomic E-state index is 11.9. The van der Waals surface area contributed by atoms with Gasteiger partial charge >= 0.3 is 6.03 Å². The van der Waals surface area contributed by atoms with Crippen molar-refractivity contribution in [3.8, 4) is 0 Å². The zero-order valence-electron chi connectivity index (χ0n) is 12.1. The molecule has 7 heteroatoms. The zero-order chi connectivity index (χ0) is 15.5. The average molecular weight is 299 g/mol. The summed E-state index contributed by atoms with van der Waals surface area (Å²) in [4.78, 5) is 23.3. The molecule has 1 atom stereocenters. The van der Waals surface area contributed by atoms with Crippen molar-refractivity contribution in [2.24, 2.45) is 0 Å². The standard InChI is InChI=1S/C15H17N5O2/c1-9(18-15(22)19-12-7-16-17-8-12)10-2-4-13-11(6-10)3-5-14(21)20-13/h2,4,6-9H,3,5H2,1H3,(H,16,17)(H,20,21)(H2,18,19,22). The maximum Gasteiger partial charge on any atom is 0.319 e. The predicted octanol–water partition coefficient (Wildman–Crippen LogP) is 2.18. The summed E-state index contributed by atoms with van der Waals surface area (Å²) in [6.45, 7) is 1.91. The van der Waals surface area contributed by atoms with Crippen molar-refractivity contribution < 1.29 is 9.59 Å². The Bertz CT molecular complexity index is 696. The van der Waals surface area contributed by atoms with Crippen LogP contribution in [0.4, 0.5) is 16.2 Å². The number of aryl methyl sites for hydroxylation is 1. The van der Waals surface area contributed by atoms with Gasteiger partial charge in [0.05, 0.1) is 17.9 Å². The number of amides is 3. The molecule has 2 aromatic rings. The molecule has 0 radical (unpaired) electrons. The number of anilines is 2. The van der Waals surface area contributed by atoms with Crippen LogP contribution >= 0.6 is 0 Å². The van der Waals surface area contributed by atoms with Gasteiger partial charge in [-0.15, -0.1) is 0 Å². The number of fused-ring (bicyclic) bond motifs is 1. The Hall–Kier alpha value is -2.83. The Balaban J connectivity index is 1.66. The third-order valence-electron chi connectivity index (χ3n) is 3.63. The molecule has 1 aromatic heterocycles. The molecule has 1 aliphatic heterocycles. The SMILES string of the molecule is CC(NC(=O)Nc1cn[nH]c1)c1ccc2c(c1)CCC(=O)N2. The molecule has 1 aromatic carbocycles. The smallest absolute Gasteiger partial charge is 0.319 e. The summed E-state index contributed by atoms with van der Waals surface area (Å²) < 4.78 is 0. The fourth-order valence-electron chi connectivity index (χ4n) is 2.44. The maximum atomic E-state index is 11.9. The van der Waals surface area contributed by atoms with Gasteiger partial charge in [0.15, 0.2) is 0 Å². The number of H-pyrrole nitrogens is 1. The van der Waals surface area contributed by atoms with Crippen LogP contribution in [0.15, 0.2) is 30.6 Å². The summed E-state index contributed by atoms with van der Waals surface area (Å²) in [5.41, 5.74) is 3.56. The number of hydrogen-bond acceptors (Lipinski definition) is 3. The third kappa shape index (κ3) is 3.08. The van der Waals surface area contributed by atoms with E-state index in [1.807, 2.05) is 25.1 Å². The number of nitrogens with zero attached hydrogens (tertiary/aromatic N) is 1. The molecule has 114 valence electrons. The number of carbonyl (C=O) groups is 2. The first kappa shape index (κ1) is 14.1. The second-order valence-electron chi connectivity index (χ2n) is 5.27. The third-order valence-corrected chi connectivity index (χ3v) is 3.63. The van der Waals surface area contributed by atoms with Crippen LogP contribution in [0, 0.1) is 0 Å². The molecule has 3 rings (SSSR count). The molecule has 22 heavy (non-hydrogen) atoms. The molecule has 4 N–H and O–H groups in total. The first-order chi connectivity index (χ1) is 10.6. The van der Waals surface area contributed by atoms with Crippen LogP contribution in [0.1, 0.15) is 30.5 Å². The molecule has 0 bridgehead atoms. The van der Waals surface area contributed by atoms with Gasteiger partial charge in [-0.1, -0.05) is 12.1 Å². The van der Waals surface area contributed by atoms with Crippen molar-refractivity contribution in [1.29, 1.82) is 0 Å². The number of nitrogens with one attached hydrogen (secondary N) is 4. The van der Waals surface area contributed by atoms with Gasteiger partial charge in [-0.3, -0.25) is 9.89 Å². The van der Waals surface area contributed by atoms with Gasteiger partial charge in [-0.05, 0) is 30.5 Å². The summed E-state index contributed by atoms with van der Waals surface area (Å²) in [7, 11) is 0. The molecule has 0 saturated carbocycles. The Morgan fingerprint density at radius 2 is 2.23 bits per heavy atom. The summed E-state index contributed by atoms with van der Waals surface area (Å²) in [6.07, 6.45) is 4.36. The van der Waals surface area contributed by atoms with Crippen LogP contribution in [0.25, 0.3) is 0 Å². The van der Waals surface area contributed by atoms with E-state index in [-0.39, 0.29) is 18.0 Å². The first-order valence-corrected chi connectivity index (χ1v) is 7.11. The van der Waals surface area contributed by atoms with Crippen LogP contribution in [0.3, 0.4) is 0 Å². The minimum atomic E-state index is -0.292. The molecule has 3 amide bonds. The lowest BCUT2D eigenvalue weighted by Gasteiger charge is -2.20. The highest BCUT2D eigenvalue weighted by Crippen LogP contribution is 2.26. The van der Waals surface area contributed by atoms with E-state index < -0.39 is 0 Å². The highest BCUT2D eigenvalue weighted by atomic mass is 16.2. The van der Waals surface area contributed by atoms with Gasteiger partial charge in [-0.25, -0.2) is 4.79 Å². The summed E-state index contributed by atoms with van der Waals surface area (Å²) in [5, 5.41) is 14.8. The van der Waals surface area contributed by atoms with E-state index in [9.17, 15) is 9.59 Å². The summed E-state index contributed by atoms with van der Waals surface area (Å²) in [6, 6.07) is 5.38. The van der Waals surface area contributed by atoms with Crippen molar-refractivity contribution in [2.45, 2.75) is 25.8 Å². The van der Waals surface area contributed by atoms with E-state index >= 15 is 0 Å². The van der Waals surface area contributed by atoms with Gasteiger partial charge in [0.25, 0.3) is 0 Å². The lowest BCUT2D eigenvalue weighted by atomic mass is 9.98. The monoisotopic (exact) mass is 299 g/mol. The van der Waals surface area contributed by atoms with Crippen molar-refractivity contribution in [3.05, 3.63) is 41.7 Å². The number of rotatable bonds is 3. The lowest BCUT2D eigenvalue weighted by molar-refractivity contribution is -0.116. The van der Waals surface area contributed by atoms with Crippen LogP contribution in [0.2, 0.25) is 0 Å². The van der Waals surface area contributed by atoms with E-state index in [2.05, 4.69) is 26.1 Å². The Morgan fingerprint density at radius 1 is 1.36 bits per heavy atom. The number of urea groups is 1. The van der Waals surface area contributed by atoms with Crippen LogP contribution < -0.4 is 16.0 Å². The highest BCUT2D eigenvalue weighted by Gasteiger charge is 2.17. The molecule has 0 saturated heterocycles. The summed E-state index contributed by atoms with van der Waals surface area (Å²) in [5.74, 6) is 0.0471. The van der Waals surface area contributed by atoms with Crippen LogP contribution in [0.5, 0.6) is 0 Å². The van der Waals surface area contributed by atoms with E-state index in [4.69, 9.17) is 0 Å². The molecular formula is C15H17N5O2. The van der Waals surface area contributed by atoms with Crippen molar-refractivity contribution in [3.63, 3.8) is 0 Å². The van der Waals surface area contributed by atoms with Gasteiger partial charge in [0.2, 0.25) is 5.91 Å². The van der Waals surface area contributed by atoms with Gasteiger partial charge in [0, 0.05) is 18.3 Å². The quantitative estimate of drug-likeness (QED) is 0.699. The number of aromatic amines is 1. The molecule has 0 spiro atoms. The number of aromatic nitrogens is 2. The van der Waals surface area contributed by atoms with Gasteiger partial charge in [-0.2, -0.15) is 5.10 Å². The number of hydrogen-bond donors (Lipinski definition) is 4. The fraction of sp³-hybridized carbons (Fsp3) is 0.267. The molecule has 7 nitrogen and oxygen atoms in total. The topological polar surface area (TPSA) is 98.9 Å².